The molecule has 2 aromatic heterocycles. The highest BCUT2D eigenvalue weighted by Gasteiger charge is 2.40. The molecule has 2 aromatic carbocycles. The van der Waals surface area contributed by atoms with E-state index in [9.17, 15) is 17.6 Å². The van der Waals surface area contributed by atoms with Gasteiger partial charge in [0.1, 0.15) is 17.4 Å². The smallest absolute Gasteiger partial charge is 0.227 e. The number of imidazole rings is 1. The Bertz CT molecular complexity index is 1710. The third-order valence-electron chi connectivity index (χ3n) is 7.94. The van der Waals surface area contributed by atoms with Gasteiger partial charge < -0.3 is 14.0 Å². The standard InChI is InChI=1S/C28H30FN5O4S/c1-16-5-7-20(14-22(16)29)33-25(9-10-26(33)35)28-30-23-13-19(27-17(2)31-38-18(27)3)6-8-24(23)34(28)21-11-12-32(15-21)39(4,36)37/h5-8,13-14,21,25H,9-12,15H2,1-4H3/t21-,25+/m1/s1. The summed E-state index contributed by atoms with van der Waals surface area (Å²) in [6.45, 7) is 6.18. The monoisotopic (exact) mass is 551 g/mol. The van der Waals surface area contributed by atoms with Gasteiger partial charge in [0.05, 0.1) is 35.1 Å². The Labute approximate surface area is 226 Å². The third-order valence-corrected chi connectivity index (χ3v) is 9.21. The highest BCUT2D eigenvalue weighted by Crippen LogP contribution is 2.41. The summed E-state index contributed by atoms with van der Waals surface area (Å²) in [5, 5.41) is 4.08. The van der Waals surface area contributed by atoms with Crippen molar-refractivity contribution in [3.8, 4) is 11.1 Å². The number of nitrogens with zero attached hydrogens (tertiary/aromatic N) is 5. The average Bonchev–Trinajstić information content (AvgIpc) is 3.65. The van der Waals surface area contributed by atoms with Crippen molar-refractivity contribution in [3.63, 3.8) is 0 Å². The van der Waals surface area contributed by atoms with E-state index in [4.69, 9.17) is 9.51 Å². The number of carbonyl (C=O) groups is 1. The minimum Gasteiger partial charge on any atom is -0.361 e. The fourth-order valence-electron chi connectivity index (χ4n) is 5.99. The van der Waals surface area contributed by atoms with Crippen molar-refractivity contribution in [2.75, 3.05) is 24.2 Å². The number of halogens is 1. The van der Waals surface area contributed by atoms with E-state index in [2.05, 4.69) is 9.72 Å². The van der Waals surface area contributed by atoms with Gasteiger partial charge >= 0.3 is 0 Å². The predicted molar refractivity (Wildman–Crippen MR) is 145 cm³/mol. The molecule has 2 fully saturated rings. The zero-order valence-corrected chi connectivity index (χ0v) is 23.1. The van der Waals surface area contributed by atoms with Crippen LogP contribution >= 0.6 is 0 Å². The van der Waals surface area contributed by atoms with Gasteiger partial charge in [0, 0.05) is 30.8 Å². The van der Waals surface area contributed by atoms with Crippen molar-refractivity contribution in [1.82, 2.24) is 19.0 Å². The molecule has 0 aliphatic carbocycles. The molecule has 2 atom stereocenters. The highest BCUT2D eigenvalue weighted by molar-refractivity contribution is 7.88. The zero-order valence-electron chi connectivity index (χ0n) is 22.3. The van der Waals surface area contributed by atoms with Crippen molar-refractivity contribution >= 4 is 32.7 Å². The van der Waals surface area contributed by atoms with Crippen LogP contribution in [-0.2, 0) is 14.8 Å². The second-order valence-electron chi connectivity index (χ2n) is 10.6. The minimum atomic E-state index is -3.35. The van der Waals surface area contributed by atoms with Crippen molar-refractivity contribution in [2.45, 2.75) is 52.1 Å². The number of carbonyl (C=O) groups excluding carboxylic acids is 1. The number of amides is 1. The Hall–Kier alpha value is -3.57. The first-order chi connectivity index (χ1) is 18.5. The first-order valence-corrected chi connectivity index (χ1v) is 14.9. The maximum atomic E-state index is 14.5. The van der Waals surface area contributed by atoms with Gasteiger partial charge in [-0.25, -0.2) is 22.1 Å². The molecular formula is C28H30FN5O4S. The molecule has 39 heavy (non-hydrogen) atoms. The van der Waals surface area contributed by atoms with E-state index in [1.807, 2.05) is 32.0 Å². The maximum Gasteiger partial charge on any atom is 0.227 e. The number of aryl methyl sites for hydroxylation is 3. The molecular weight excluding hydrogens is 521 g/mol. The lowest BCUT2D eigenvalue weighted by Crippen LogP contribution is -2.31. The van der Waals surface area contributed by atoms with Gasteiger partial charge in [-0.2, -0.15) is 0 Å². The fraction of sp³-hybridized carbons (Fsp3) is 0.393. The maximum absolute atomic E-state index is 14.5. The Kier molecular flexibility index (Phi) is 6.11. The van der Waals surface area contributed by atoms with E-state index in [0.717, 1.165) is 27.9 Å². The molecule has 2 saturated heterocycles. The molecule has 2 aliphatic heterocycles. The molecule has 0 unspecified atom stereocenters. The second kappa shape index (κ2) is 9.27. The Morgan fingerprint density at radius 3 is 2.54 bits per heavy atom. The van der Waals surface area contributed by atoms with Crippen LogP contribution in [0.3, 0.4) is 0 Å². The van der Waals surface area contributed by atoms with E-state index < -0.39 is 16.1 Å². The van der Waals surface area contributed by atoms with E-state index in [0.29, 0.717) is 55.2 Å². The number of rotatable bonds is 5. The van der Waals surface area contributed by atoms with Gasteiger partial charge in [0.2, 0.25) is 15.9 Å². The Morgan fingerprint density at radius 2 is 1.87 bits per heavy atom. The van der Waals surface area contributed by atoms with E-state index in [-0.39, 0.29) is 17.8 Å². The summed E-state index contributed by atoms with van der Waals surface area (Å²) in [4.78, 5) is 19.8. The molecule has 11 heteroatoms. The molecule has 4 aromatic rings. The molecule has 0 bridgehead atoms. The molecule has 0 spiro atoms. The summed E-state index contributed by atoms with van der Waals surface area (Å²) < 4.78 is 48.2. The molecule has 0 saturated carbocycles. The van der Waals surface area contributed by atoms with Crippen LogP contribution in [0.2, 0.25) is 0 Å². The molecule has 9 nitrogen and oxygen atoms in total. The van der Waals surface area contributed by atoms with Crippen molar-refractivity contribution in [3.05, 3.63) is 65.1 Å². The van der Waals surface area contributed by atoms with Gasteiger partial charge in [0.15, 0.2) is 0 Å². The number of hydrogen-bond acceptors (Lipinski definition) is 6. The number of aromatic nitrogens is 3. The quantitative estimate of drug-likeness (QED) is 0.352. The van der Waals surface area contributed by atoms with E-state index >= 15 is 0 Å². The number of sulfonamides is 1. The van der Waals surface area contributed by atoms with Crippen molar-refractivity contribution in [1.29, 1.82) is 0 Å². The van der Waals surface area contributed by atoms with Gasteiger partial charge in [-0.3, -0.25) is 4.79 Å². The van der Waals surface area contributed by atoms with Crippen LogP contribution in [0, 0.1) is 26.6 Å². The normalized spacial score (nSPS) is 20.5. The van der Waals surface area contributed by atoms with Crippen molar-refractivity contribution < 1.29 is 22.1 Å². The topological polar surface area (TPSA) is 102 Å². The Balaban J connectivity index is 1.51. The lowest BCUT2D eigenvalue weighted by molar-refractivity contribution is -0.117. The van der Waals surface area contributed by atoms with Crippen LogP contribution in [0.4, 0.5) is 10.1 Å². The van der Waals surface area contributed by atoms with Crippen molar-refractivity contribution in [2.24, 2.45) is 0 Å². The van der Waals surface area contributed by atoms with Gasteiger partial charge in [-0.05, 0) is 69.0 Å². The van der Waals surface area contributed by atoms with E-state index in [1.165, 1.54) is 16.6 Å². The summed E-state index contributed by atoms with van der Waals surface area (Å²) in [6, 6.07) is 10.2. The molecule has 0 radical (unpaired) electrons. The number of hydrogen-bond donors (Lipinski definition) is 0. The number of benzene rings is 2. The van der Waals surface area contributed by atoms with Gasteiger partial charge in [0.25, 0.3) is 0 Å². The molecule has 204 valence electrons. The summed E-state index contributed by atoms with van der Waals surface area (Å²) in [5.41, 5.74) is 5.19. The SMILES string of the molecule is Cc1ccc(N2C(=O)CC[C@H]2c2nc3cc(-c4c(C)noc4C)ccc3n2[C@@H]2CCN(S(C)(=O)=O)C2)cc1F. The predicted octanol–water partition coefficient (Wildman–Crippen LogP) is 4.83. The zero-order chi connectivity index (χ0) is 27.6. The number of anilines is 1. The van der Waals surface area contributed by atoms with Crippen LogP contribution < -0.4 is 4.90 Å². The number of fused-ring (bicyclic) bond motifs is 1. The van der Waals surface area contributed by atoms with Crippen LogP contribution in [0.25, 0.3) is 22.2 Å². The summed E-state index contributed by atoms with van der Waals surface area (Å²) in [6.07, 6.45) is 2.68. The molecule has 0 N–H and O–H groups in total. The molecule has 6 rings (SSSR count). The van der Waals surface area contributed by atoms with E-state index in [1.54, 1.807) is 24.0 Å². The second-order valence-corrected chi connectivity index (χ2v) is 12.5. The molecule has 4 heterocycles. The third kappa shape index (κ3) is 4.33. The average molecular weight is 552 g/mol. The fourth-order valence-corrected chi connectivity index (χ4v) is 6.87. The highest BCUT2D eigenvalue weighted by atomic mass is 32.2. The summed E-state index contributed by atoms with van der Waals surface area (Å²) >= 11 is 0. The van der Waals surface area contributed by atoms with Gasteiger partial charge in [-0.1, -0.05) is 17.3 Å². The minimum absolute atomic E-state index is 0.0950. The molecule has 1 amide bonds. The lowest BCUT2D eigenvalue weighted by Gasteiger charge is -2.27. The van der Waals surface area contributed by atoms with Crippen LogP contribution in [0.1, 0.15) is 54.2 Å². The summed E-state index contributed by atoms with van der Waals surface area (Å²) in [5.74, 6) is 0.916. The largest absolute Gasteiger partial charge is 0.361 e. The van der Waals surface area contributed by atoms with Crippen LogP contribution in [0.5, 0.6) is 0 Å². The first-order valence-electron chi connectivity index (χ1n) is 13.0. The first kappa shape index (κ1) is 25.7. The Morgan fingerprint density at radius 1 is 1.08 bits per heavy atom. The summed E-state index contributed by atoms with van der Waals surface area (Å²) in [7, 11) is -3.35. The van der Waals surface area contributed by atoms with Gasteiger partial charge in [-0.15, -0.1) is 0 Å². The lowest BCUT2D eigenvalue weighted by atomic mass is 10.0. The molecule has 2 aliphatic rings. The van der Waals surface area contributed by atoms with Crippen LogP contribution in [0.15, 0.2) is 40.9 Å². The van der Waals surface area contributed by atoms with Crippen LogP contribution in [-0.4, -0.2) is 52.7 Å².